The van der Waals surface area contributed by atoms with E-state index in [0.717, 1.165) is 147 Å². The standard InChI is InChI=1S/C63H75FN12O4S/c1-6-41-9-7-10-44-26-48(77)27-49(55(41)44)57-56(64)58-50(29-65-57)60(75-32-45-16-17-46(33-75)68-45)70-63(69-58)73-24-20-47(34-73)72-22-18-39(19-23-72)25-40-30-74(31-40)53-28-52(80-71-53)54(36(2)3)62(79)76-21-8-11-51(76)61(78)67-37(4)42-12-14-43(15-13-42)59-38(5)66-35-81-59/h7,9-10,12-15,26-29,35-37,39-40,45-47,51,54,68,77H,6,8,11,16-25,30-34H2,1-5H3,(H,67,78)/t37-,45?,46?,47?,51-,54+/m0/s1. The first kappa shape index (κ1) is 53.5. The first-order chi connectivity index (χ1) is 39.3. The quantitative estimate of drug-likeness (QED) is 0.0886. The first-order valence-corrected chi connectivity index (χ1v) is 30.7. The molecule has 6 fully saturated rings. The molecule has 3 aromatic carbocycles. The van der Waals surface area contributed by atoms with Crippen LogP contribution in [-0.2, 0) is 16.0 Å². The number of nitrogens with zero attached hydrogens (tertiary/aromatic N) is 10. The van der Waals surface area contributed by atoms with Crippen LogP contribution in [0.2, 0.25) is 0 Å². The van der Waals surface area contributed by atoms with Crippen LogP contribution in [0.3, 0.4) is 0 Å². The number of amides is 2. The van der Waals surface area contributed by atoms with Crippen LogP contribution in [0, 0.1) is 30.5 Å². The van der Waals surface area contributed by atoms with E-state index in [2.05, 4.69) is 77.6 Å². The van der Waals surface area contributed by atoms with E-state index in [4.69, 9.17) is 19.5 Å². The second kappa shape index (κ2) is 22.2. The van der Waals surface area contributed by atoms with E-state index in [1.807, 2.05) is 51.4 Å². The lowest BCUT2D eigenvalue weighted by molar-refractivity contribution is -0.141. The van der Waals surface area contributed by atoms with Crippen LogP contribution in [0.4, 0.5) is 22.0 Å². The number of phenolic OH excluding ortho intramolecular Hbond substituents is 1. The number of aromatic hydroxyl groups is 1. The van der Waals surface area contributed by atoms with E-state index in [1.54, 1.807) is 34.6 Å². The molecule has 2 bridgehead atoms. The number of carbonyl (C=O) groups excluding carboxylic acids is 2. The van der Waals surface area contributed by atoms with Gasteiger partial charge in [0, 0.05) is 81.8 Å². The Morgan fingerprint density at radius 2 is 1.65 bits per heavy atom. The Kier molecular flexibility index (Phi) is 14.7. The monoisotopic (exact) mass is 1110 g/mol. The molecule has 13 rings (SSSR count). The first-order valence-electron chi connectivity index (χ1n) is 29.8. The fourth-order valence-electron chi connectivity index (χ4n) is 14.4. The van der Waals surface area contributed by atoms with Crippen molar-refractivity contribution in [2.75, 3.05) is 73.6 Å². The molecule has 16 nitrogen and oxygen atoms in total. The molecular formula is C63H75FN12O4S. The van der Waals surface area contributed by atoms with Crippen molar-refractivity contribution in [2.24, 2.45) is 17.8 Å². The van der Waals surface area contributed by atoms with Gasteiger partial charge in [-0.15, -0.1) is 11.3 Å². The molecule has 7 aromatic rings. The zero-order valence-electron chi connectivity index (χ0n) is 47.3. The van der Waals surface area contributed by atoms with Crippen molar-refractivity contribution < 1.29 is 23.6 Å². The van der Waals surface area contributed by atoms with Gasteiger partial charge in [-0.2, -0.15) is 4.98 Å². The highest BCUT2D eigenvalue weighted by Crippen LogP contribution is 2.41. The summed E-state index contributed by atoms with van der Waals surface area (Å²) >= 11 is 1.62. The molecule has 4 aromatic heterocycles. The number of benzene rings is 3. The topological polar surface area (TPSA) is 172 Å². The number of carbonyl (C=O) groups is 2. The predicted molar refractivity (Wildman–Crippen MR) is 316 cm³/mol. The van der Waals surface area contributed by atoms with Crippen LogP contribution < -0.4 is 25.3 Å². The fourth-order valence-corrected chi connectivity index (χ4v) is 15.2. The minimum atomic E-state index is -0.541. The molecule has 18 heteroatoms. The molecule has 6 aliphatic heterocycles. The number of hydrogen-bond donors (Lipinski definition) is 3. The van der Waals surface area contributed by atoms with Gasteiger partial charge in [-0.25, -0.2) is 14.4 Å². The van der Waals surface area contributed by atoms with E-state index < -0.39 is 17.8 Å². The number of piperidine rings is 1. The molecule has 81 heavy (non-hydrogen) atoms. The fraction of sp³-hybridized carbons (Fsp3) is 0.508. The number of rotatable bonds is 15. The lowest BCUT2D eigenvalue weighted by Gasteiger charge is -2.43. The minimum Gasteiger partial charge on any atom is -0.508 e. The number of phenols is 1. The number of halogens is 1. The number of fused-ring (bicyclic) bond motifs is 4. The van der Waals surface area contributed by atoms with Gasteiger partial charge < -0.3 is 39.9 Å². The summed E-state index contributed by atoms with van der Waals surface area (Å²) in [5.74, 6) is 2.66. The van der Waals surface area contributed by atoms with Gasteiger partial charge in [0.25, 0.3) is 0 Å². The summed E-state index contributed by atoms with van der Waals surface area (Å²) in [5, 5.41) is 24.7. The van der Waals surface area contributed by atoms with Crippen molar-refractivity contribution >= 4 is 62.4 Å². The summed E-state index contributed by atoms with van der Waals surface area (Å²) in [5.41, 5.74) is 7.09. The zero-order valence-corrected chi connectivity index (χ0v) is 48.1. The summed E-state index contributed by atoms with van der Waals surface area (Å²) in [7, 11) is 0. The van der Waals surface area contributed by atoms with E-state index in [-0.39, 0.29) is 40.7 Å². The minimum absolute atomic E-state index is 0.0496. The highest BCUT2D eigenvalue weighted by molar-refractivity contribution is 7.13. The summed E-state index contributed by atoms with van der Waals surface area (Å²) in [4.78, 5) is 60.2. The average Bonchev–Trinajstić information content (AvgIpc) is 4.46. The van der Waals surface area contributed by atoms with E-state index in [0.29, 0.717) is 65.6 Å². The third kappa shape index (κ3) is 10.4. The smallest absolute Gasteiger partial charge is 0.243 e. The number of aryl methyl sites for hydroxylation is 2. The Balaban J connectivity index is 0.622. The highest BCUT2D eigenvalue weighted by atomic mass is 32.1. The van der Waals surface area contributed by atoms with Crippen LogP contribution in [0.1, 0.15) is 114 Å². The van der Waals surface area contributed by atoms with Gasteiger partial charge in [-0.05, 0) is 142 Å². The summed E-state index contributed by atoms with van der Waals surface area (Å²) in [6.07, 6.45) is 10.6. The van der Waals surface area contributed by atoms with Gasteiger partial charge in [0.15, 0.2) is 17.4 Å². The number of aromatic nitrogens is 5. The molecule has 3 unspecified atom stereocenters. The summed E-state index contributed by atoms with van der Waals surface area (Å²) in [6.45, 7) is 17.8. The van der Waals surface area contributed by atoms with Gasteiger partial charge in [-0.1, -0.05) is 68.4 Å². The molecule has 0 radical (unpaired) electrons. The molecule has 0 spiro atoms. The van der Waals surface area contributed by atoms with Crippen LogP contribution >= 0.6 is 11.3 Å². The Morgan fingerprint density at radius 1 is 0.864 bits per heavy atom. The van der Waals surface area contributed by atoms with Crippen molar-refractivity contribution in [1.29, 1.82) is 0 Å². The Hall–Kier alpha value is -6.76. The van der Waals surface area contributed by atoms with Crippen LogP contribution in [0.15, 0.2) is 76.9 Å². The third-order valence-electron chi connectivity index (χ3n) is 18.8. The Morgan fingerprint density at radius 3 is 2.40 bits per heavy atom. The molecule has 3 N–H and O–H groups in total. The Bertz CT molecular complexity index is 3450. The van der Waals surface area contributed by atoms with Crippen molar-refractivity contribution in [2.45, 2.75) is 129 Å². The van der Waals surface area contributed by atoms with Crippen LogP contribution in [0.5, 0.6) is 5.75 Å². The number of thiazole rings is 1. The second-order valence-corrected chi connectivity index (χ2v) is 25.3. The number of nitrogens with one attached hydrogen (secondary N) is 2. The average molecular weight is 1120 g/mol. The molecule has 6 atom stereocenters. The number of anilines is 3. The van der Waals surface area contributed by atoms with Crippen LogP contribution in [-0.4, -0.2) is 135 Å². The maximum Gasteiger partial charge on any atom is 0.243 e. The molecule has 10 heterocycles. The van der Waals surface area contributed by atoms with Crippen LogP contribution in [0.25, 0.3) is 43.4 Å². The number of pyridine rings is 1. The zero-order chi connectivity index (χ0) is 55.6. The van der Waals surface area contributed by atoms with Crippen molar-refractivity contribution in [3.8, 4) is 27.4 Å². The van der Waals surface area contributed by atoms with E-state index in [9.17, 15) is 14.7 Å². The van der Waals surface area contributed by atoms with Gasteiger partial charge in [0.1, 0.15) is 34.7 Å². The maximum absolute atomic E-state index is 17.4. The number of hydrogen-bond acceptors (Lipinski definition) is 15. The maximum atomic E-state index is 17.4. The molecule has 6 aliphatic rings. The largest absolute Gasteiger partial charge is 0.508 e. The number of likely N-dealkylation sites (tertiary alicyclic amines) is 2. The van der Waals surface area contributed by atoms with Crippen molar-refractivity contribution in [3.63, 3.8) is 0 Å². The predicted octanol–water partition coefficient (Wildman–Crippen LogP) is 10.0. The van der Waals surface area contributed by atoms with Crippen molar-refractivity contribution in [3.05, 3.63) is 101 Å². The molecular weight excluding hydrogens is 1040 g/mol. The highest BCUT2D eigenvalue weighted by Gasteiger charge is 2.42. The Labute approximate surface area is 477 Å². The third-order valence-corrected chi connectivity index (χ3v) is 19.8. The summed E-state index contributed by atoms with van der Waals surface area (Å²) < 4.78 is 23.4. The molecule has 0 saturated carbocycles. The lowest BCUT2D eigenvalue weighted by Crippen LogP contribution is -2.51. The van der Waals surface area contributed by atoms with Gasteiger partial charge >= 0.3 is 0 Å². The summed E-state index contributed by atoms with van der Waals surface area (Å²) in [6, 6.07) is 19.9. The normalized spacial score (nSPS) is 22.6. The van der Waals surface area contributed by atoms with Crippen molar-refractivity contribution in [1.82, 2.24) is 45.5 Å². The van der Waals surface area contributed by atoms with Gasteiger partial charge in [-0.3, -0.25) is 19.5 Å². The molecule has 0 aliphatic carbocycles. The lowest BCUT2D eigenvalue weighted by atomic mass is 9.83. The molecule has 424 valence electrons. The van der Waals surface area contributed by atoms with Gasteiger partial charge in [0.2, 0.25) is 17.8 Å². The molecule has 2 amide bonds. The van der Waals surface area contributed by atoms with Gasteiger partial charge in [0.05, 0.1) is 27.5 Å². The molecule has 6 saturated heterocycles. The van der Waals surface area contributed by atoms with E-state index in [1.165, 1.54) is 6.42 Å². The van der Waals surface area contributed by atoms with E-state index >= 15 is 4.39 Å². The number of piperazine rings is 1. The SMILES string of the molecule is CCc1cccc2cc(O)cc(-c3ncc4c(N5CC6CCC(C5)N6)nc(N5CCC(N6CCC(CC7CN(c8cc([C@H](C(=O)N9CCC[C@H]9C(=O)N[C@@H](C)c9ccc(-c%10scnc%10C)cc9)C(C)C)on8)C7)CC6)C5)nc4c3F)c12. The second-order valence-electron chi connectivity index (χ2n) is 24.4.